The molecular formula is C18H30Cl2Si2Zr. The summed E-state index contributed by atoms with van der Waals surface area (Å²) >= 11 is -0.360. The minimum atomic E-state index is -0.360. The maximum absolute atomic E-state index is 2.55. The van der Waals surface area contributed by atoms with Crippen molar-refractivity contribution >= 4 is 21.4 Å². The first-order valence-corrected chi connectivity index (χ1v) is 18.4. The minimum Gasteiger partial charge on any atom is -1.00 e. The monoisotopic (exact) mass is 462 g/mol. The van der Waals surface area contributed by atoms with Gasteiger partial charge < -0.3 is 24.8 Å². The Bertz CT molecular complexity index is 594. The van der Waals surface area contributed by atoms with Crippen LogP contribution in [-0.2, 0) is 21.6 Å². The minimum absolute atomic E-state index is 0. The molecule has 0 spiro atoms. The smallest absolute Gasteiger partial charge is 1.00 e. The van der Waals surface area contributed by atoms with Crippen molar-refractivity contribution in [3.8, 4) is 0 Å². The molecule has 2 aliphatic rings. The molecule has 0 saturated carbocycles. The van der Waals surface area contributed by atoms with E-state index in [1.165, 1.54) is 0 Å². The van der Waals surface area contributed by atoms with Crippen molar-refractivity contribution in [2.24, 2.45) is 0 Å². The molecule has 2 rings (SSSR count). The van der Waals surface area contributed by atoms with Gasteiger partial charge in [-0.1, -0.05) is 0 Å². The van der Waals surface area contributed by atoms with Crippen molar-refractivity contribution in [2.75, 3.05) is 0 Å². The Morgan fingerprint density at radius 1 is 0.609 bits per heavy atom. The first-order chi connectivity index (χ1) is 9.44. The van der Waals surface area contributed by atoms with E-state index < -0.39 is 0 Å². The van der Waals surface area contributed by atoms with E-state index in [4.69, 9.17) is 0 Å². The fraction of sp³-hybridized carbons (Fsp3) is 0.667. The molecule has 128 valence electrons. The molecule has 0 atom stereocenters. The zero-order valence-electron chi connectivity index (χ0n) is 16.3. The van der Waals surface area contributed by atoms with Gasteiger partial charge in [-0.25, -0.2) is 0 Å². The van der Waals surface area contributed by atoms with Gasteiger partial charge in [-0.3, -0.25) is 0 Å². The van der Waals surface area contributed by atoms with E-state index in [0.717, 1.165) is 0 Å². The standard InChI is InChI=1S/2C9H15Si.2ClH.Zr/c2*1-6-7(2)9(4,5)10-8(6)3;;;/h2*1-5H3;2*1H;/q;;;;+2/p-2. The SMILES string of the molecule is CC1=C(C)C(C)(C)[Si]([Zr+2][Si]2=C(C)C(C)=C(C)C2(C)C)=C1C.[Cl-].[Cl-]. The molecule has 0 aromatic heterocycles. The summed E-state index contributed by atoms with van der Waals surface area (Å²) in [6.45, 7) is 24.7. The van der Waals surface area contributed by atoms with Crippen LogP contribution in [0.5, 0.6) is 0 Å². The summed E-state index contributed by atoms with van der Waals surface area (Å²) in [4.78, 5) is 0. The van der Waals surface area contributed by atoms with Crippen molar-refractivity contribution in [1.82, 2.24) is 0 Å². The maximum Gasteiger partial charge on any atom is -1.00 e. The van der Waals surface area contributed by atoms with Crippen LogP contribution in [0, 0.1) is 0 Å². The molecule has 0 nitrogen and oxygen atoms in total. The number of allylic oxidation sites excluding steroid dienone is 4. The van der Waals surface area contributed by atoms with Crippen LogP contribution in [0.25, 0.3) is 0 Å². The zero-order chi connectivity index (χ0) is 16.3. The second-order valence-electron chi connectivity index (χ2n) is 7.88. The van der Waals surface area contributed by atoms with Crippen molar-refractivity contribution in [3.63, 3.8) is 0 Å². The Labute approximate surface area is 168 Å². The third-order valence-electron chi connectivity index (χ3n) is 6.38. The van der Waals surface area contributed by atoms with E-state index >= 15 is 0 Å². The van der Waals surface area contributed by atoms with Crippen molar-refractivity contribution in [2.45, 2.75) is 79.3 Å². The summed E-state index contributed by atoms with van der Waals surface area (Å²) in [6.07, 6.45) is 0. The van der Waals surface area contributed by atoms with Crippen LogP contribution in [0.1, 0.15) is 69.2 Å². The largest absolute Gasteiger partial charge is 1.00 e. The fourth-order valence-corrected chi connectivity index (χ4v) is 46.1. The summed E-state index contributed by atoms with van der Waals surface area (Å²) in [7, 11) is 0. The molecule has 5 heteroatoms. The van der Waals surface area contributed by atoms with Gasteiger partial charge in [0.1, 0.15) is 0 Å². The molecule has 0 radical (unpaired) electrons. The Kier molecular flexibility index (Phi) is 8.16. The van der Waals surface area contributed by atoms with Crippen LogP contribution in [0.2, 0.25) is 10.1 Å². The Hall–Kier alpha value is 1.12. The van der Waals surface area contributed by atoms with E-state index in [0.29, 0.717) is 10.1 Å². The van der Waals surface area contributed by atoms with Crippen LogP contribution in [0.4, 0.5) is 0 Å². The Balaban J connectivity index is 0.00000242. The molecule has 0 amide bonds. The van der Waals surface area contributed by atoms with Crippen molar-refractivity contribution < 1.29 is 46.4 Å². The van der Waals surface area contributed by atoms with E-state index in [1.807, 2.05) is 10.3 Å². The van der Waals surface area contributed by atoms with Gasteiger partial charge in [0, 0.05) is 0 Å². The van der Waals surface area contributed by atoms with Gasteiger partial charge in [0.05, 0.1) is 0 Å². The quantitative estimate of drug-likeness (QED) is 0.454. The number of hydrogen-bond donors (Lipinski definition) is 0. The van der Waals surface area contributed by atoms with E-state index in [2.05, 4.69) is 69.2 Å². The predicted molar refractivity (Wildman–Crippen MR) is 97.7 cm³/mol. The molecule has 0 fully saturated rings. The number of rotatable bonds is 2. The number of hydrogen-bond acceptors (Lipinski definition) is 0. The summed E-state index contributed by atoms with van der Waals surface area (Å²) in [6, 6.07) is 0. The number of halogens is 2. The van der Waals surface area contributed by atoms with Gasteiger partial charge in [-0.15, -0.1) is 0 Å². The Morgan fingerprint density at radius 3 is 1.04 bits per heavy atom. The second-order valence-corrected chi connectivity index (χ2v) is 27.3. The summed E-state index contributed by atoms with van der Waals surface area (Å²) in [5.74, 6) is 0. The molecule has 2 aliphatic heterocycles. The van der Waals surface area contributed by atoms with Crippen molar-refractivity contribution in [1.29, 1.82) is 0 Å². The van der Waals surface area contributed by atoms with E-state index in [-0.39, 0.29) is 57.4 Å². The molecule has 0 aromatic rings. The van der Waals surface area contributed by atoms with Gasteiger partial charge in [-0.2, -0.15) is 0 Å². The van der Waals surface area contributed by atoms with E-state index in [9.17, 15) is 0 Å². The van der Waals surface area contributed by atoms with Gasteiger partial charge in [0.15, 0.2) is 0 Å². The van der Waals surface area contributed by atoms with Crippen LogP contribution in [0.15, 0.2) is 22.3 Å². The molecule has 0 saturated heterocycles. The molecule has 0 bridgehead atoms. The normalized spacial score (nSPS) is 22.3. The topological polar surface area (TPSA) is 0 Å². The molecule has 0 aliphatic carbocycles. The molecule has 23 heavy (non-hydrogen) atoms. The average molecular weight is 465 g/mol. The van der Waals surface area contributed by atoms with Crippen LogP contribution in [0.3, 0.4) is 0 Å². The summed E-state index contributed by atoms with van der Waals surface area (Å²) in [5.41, 5.74) is 6.15. The molecular weight excluding hydrogens is 435 g/mol. The summed E-state index contributed by atoms with van der Waals surface area (Å²) < 4.78 is 0. The van der Waals surface area contributed by atoms with Gasteiger partial charge in [0.25, 0.3) is 0 Å². The predicted octanol–water partition coefficient (Wildman–Crippen LogP) is -1.13. The fourth-order valence-electron chi connectivity index (χ4n) is 3.81. The van der Waals surface area contributed by atoms with Crippen LogP contribution >= 0.6 is 0 Å². The molecule has 0 aromatic carbocycles. The molecule has 2 heterocycles. The molecule has 0 N–H and O–H groups in total. The van der Waals surface area contributed by atoms with Gasteiger partial charge >= 0.3 is 145 Å². The first kappa shape index (κ1) is 24.1. The maximum atomic E-state index is 2.55. The van der Waals surface area contributed by atoms with Crippen molar-refractivity contribution in [3.05, 3.63) is 22.3 Å². The molecule has 0 unspecified atom stereocenters. The third-order valence-corrected chi connectivity index (χ3v) is 39.7. The van der Waals surface area contributed by atoms with Crippen LogP contribution < -0.4 is 24.8 Å². The van der Waals surface area contributed by atoms with Crippen LogP contribution in [-0.4, -0.2) is 21.4 Å². The first-order valence-electron chi connectivity index (χ1n) is 8.00. The average Bonchev–Trinajstić information content (AvgIpc) is 2.63. The second kappa shape index (κ2) is 7.78. The van der Waals surface area contributed by atoms with Gasteiger partial charge in [0.2, 0.25) is 0 Å². The van der Waals surface area contributed by atoms with E-state index in [1.54, 1.807) is 22.3 Å². The Morgan fingerprint density at radius 2 is 0.870 bits per heavy atom. The summed E-state index contributed by atoms with van der Waals surface area (Å²) in [5, 5.41) is 4.70. The third kappa shape index (κ3) is 3.65. The zero-order valence-corrected chi connectivity index (χ0v) is 22.2. The van der Waals surface area contributed by atoms with Gasteiger partial charge in [-0.05, 0) is 0 Å².